The lowest BCUT2D eigenvalue weighted by Crippen LogP contribution is -2.22. The number of nitrogens with zero attached hydrogens (tertiary/aromatic N) is 2. The Hall–Kier alpha value is -3.55. The van der Waals surface area contributed by atoms with Gasteiger partial charge in [-0.05, 0) is 43.3 Å². The minimum absolute atomic E-state index is 0.0574. The summed E-state index contributed by atoms with van der Waals surface area (Å²) < 4.78 is 33.4. The average Bonchev–Trinajstić information content (AvgIpc) is 2.63. The second-order valence-corrected chi connectivity index (χ2v) is 5.71. The molecular weight excluding hydrogens is 358 g/mol. The molecule has 138 valence electrons. The minimum Gasteiger partial charge on any atom is -0.483 e. The molecule has 2 heterocycles. The highest BCUT2D eigenvalue weighted by Gasteiger charge is 2.13. The number of carboxylic acids is 1. The van der Waals surface area contributed by atoms with Gasteiger partial charge in [-0.25, -0.2) is 18.6 Å². The number of carboxylic acid groups (broad SMARTS) is 1. The Bertz CT molecular complexity index is 1080. The van der Waals surface area contributed by atoms with Crippen LogP contribution in [0.2, 0.25) is 0 Å². The Balaban J connectivity index is 1.95. The lowest BCUT2D eigenvalue weighted by molar-refractivity contribution is 0.0690. The highest BCUT2D eigenvalue weighted by atomic mass is 19.1. The zero-order valence-electron chi connectivity index (χ0n) is 14.1. The molecule has 2 aromatic heterocycles. The van der Waals surface area contributed by atoms with E-state index < -0.39 is 23.2 Å². The molecule has 3 rings (SSSR count). The van der Waals surface area contributed by atoms with E-state index in [4.69, 9.17) is 9.84 Å². The molecule has 0 atom stereocenters. The Morgan fingerprint density at radius 1 is 1.19 bits per heavy atom. The number of aromatic nitrogens is 2. The van der Waals surface area contributed by atoms with Crippen LogP contribution in [0.4, 0.5) is 8.78 Å². The SMILES string of the molecule is Cc1ccc(OCc2ccc(F)cc2F)c(=O)n1-c1ccnc(C(=O)O)c1. The molecular formula is C19H14F2N2O4. The summed E-state index contributed by atoms with van der Waals surface area (Å²) in [6, 6.07) is 8.87. The van der Waals surface area contributed by atoms with Crippen molar-refractivity contribution in [3.8, 4) is 11.4 Å². The smallest absolute Gasteiger partial charge is 0.354 e. The number of hydrogen-bond acceptors (Lipinski definition) is 4. The maximum Gasteiger partial charge on any atom is 0.354 e. The zero-order chi connectivity index (χ0) is 19.6. The van der Waals surface area contributed by atoms with Crippen LogP contribution in [0.5, 0.6) is 5.75 Å². The first-order valence-corrected chi connectivity index (χ1v) is 7.86. The molecule has 0 radical (unpaired) electrons. The lowest BCUT2D eigenvalue weighted by Gasteiger charge is -2.13. The summed E-state index contributed by atoms with van der Waals surface area (Å²) >= 11 is 0. The highest BCUT2D eigenvalue weighted by Crippen LogP contribution is 2.16. The van der Waals surface area contributed by atoms with Crippen LogP contribution in [-0.2, 0) is 6.61 Å². The summed E-state index contributed by atoms with van der Waals surface area (Å²) in [5.41, 5.74) is 0.199. The first kappa shape index (κ1) is 18.2. The van der Waals surface area contributed by atoms with Gasteiger partial charge in [0.15, 0.2) is 5.75 Å². The maximum atomic E-state index is 13.7. The molecule has 1 aromatic carbocycles. The molecule has 1 N–H and O–H groups in total. The zero-order valence-corrected chi connectivity index (χ0v) is 14.1. The second-order valence-electron chi connectivity index (χ2n) is 5.71. The number of aromatic carboxylic acids is 1. The average molecular weight is 372 g/mol. The van der Waals surface area contributed by atoms with Crippen molar-refractivity contribution in [2.24, 2.45) is 0 Å². The van der Waals surface area contributed by atoms with E-state index >= 15 is 0 Å². The number of rotatable bonds is 5. The van der Waals surface area contributed by atoms with Gasteiger partial charge in [-0.2, -0.15) is 0 Å². The number of aryl methyl sites for hydroxylation is 1. The van der Waals surface area contributed by atoms with Crippen LogP contribution in [-0.4, -0.2) is 20.6 Å². The normalized spacial score (nSPS) is 10.6. The van der Waals surface area contributed by atoms with Crippen molar-refractivity contribution in [2.75, 3.05) is 0 Å². The summed E-state index contributed by atoms with van der Waals surface area (Å²) in [5, 5.41) is 9.07. The lowest BCUT2D eigenvalue weighted by atomic mass is 10.2. The standard InChI is InChI=1S/C19H14F2N2O4/c1-11-2-5-17(27-10-12-3-4-13(20)8-15(12)21)18(24)23(11)14-6-7-22-16(9-14)19(25)26/h2-9H,10H2,1H3,(H,25,26). The summed E-state index contributed by atoms with van der Waals surface area (Å²) in [6.07, 6.45) is 1.28. The van der Waals surface area contributed by atoms with Crippen LogP contribution >= 0.6 is 0 Å². The summed E-state index contributed by atoms with van der Waals surface area (Å²) in [7, 11) is 0. The van der Waals surface area contributed by atoms with Gasteiger partial charge in [0.1, 0.15) is 23.9 Å². The van der Waals surface area contributed by atoms with E-state index in [0.29, 0.717) is 11.4 Å². The molecule has 0 spiro atoms. The highest BCUT2D eigenvalue weighted by molar-refractivity contribution is 5.85. The fraction of sp³-hybridized carbons (Fsp3) is 0.105. The van der Waals surface area contributed by atoms with E-state index in [2.05, 4.69) is 4.98 Å². The largest absolute Gasteiger partial charge is 0.483 e. The quantitative estimate of drug-likeness (QED) is 0.744. The molecule has 0 fully saturated rings. The molecule has 0 saturated heterocycles. The summed E-state index contributed by atoms with van der Waals surface area (Å²) in [6.45, 7) is 1.41. The molecule has 0 amide bonds. The summed E-state index contributed by atoms with van der Waals surface area (Å²) in [4.78, 5) is 27.6. The molecule has 6 nitrogen and oxygen atoms in total. The molecule has 8 heteroatoms. The summed E-state index contributed by atoms with van der Waals surface area (Å²) in [5.74, 6) is -2.76. The Labute approximate surface area is 152 Å². The molecule has 0 unspecified atom stereocenters. The van der Waals surface area contributed by atoms with E-state index in [-0.39, 0.29) is 23.6 Å². The number of ether oxygens (including phenoxy) is 1. The van der Waals surface area contributed by atoms with Crippen molar-refractivity contribution in [1.82, 2.24) is 9.55 Å². The third-order valence-electron chi connectivity index (χ3n) is 3.86. The number of hydrogen-bond donors (Lipinski definition) is 1. The van der Waals surface area contributed by atoms with Gasteiger partial charge in [-0.1, -0.05) is 0 Å². The maximum absolute atomic E-state index is 13.7. The number of halogens is 2. The third kappa shape index (κ3) is 3.84. The first-order chi connectivity index (χ1) is 12.9. The molecule has 3 aromatic rings. The van der Waals surface area contributed by atoms with Gasteiger partial charge in [-0.3, -0.25) is 9.36 Å². The molecule has 0 bridgehead atoms. The van der Waals surface area contributed by atoms with E-state index in [9.17, 15) is 18.4 Å². The van der Waals surface area contributed by atoms with E-state index in [0.717, 1.165) is 12.1 Å². The third-order valence-corrected chi connectivity index (χ3v) is 3.86. The molecule has 27 heavy (non-hydrogen) atoms. The van der Waals surface area contributed by atoms with Crippen LogP contribution in [0.3, 0.4) is 0 Å². The monoisotopic (exact) mass is 372 g/mol. The number of carbonyl (C=O) groups is 1. The number of benzene rings is 1. The Morgan fingerprint density at radius 3 is 2.67 bits per heavy atom. The van der Waals surface area contributed by atoms with Gasteiger partial charge in [0.2, 0.25) is 0 Å². The van der Waals surface area contributed by atoms with Crippen molar-refractivity contribution in [1.29, 1.82) is 0 Å². The van der Waals surface area contributed by atoms with Crippen molar-refractivity contribution in [3.05, 3.63) is 87.6 Å². The van der Waals surface area contributed by atoms with Gasteiger partial charge in [0, 0.05) is 23.5 Å². The van der Waals surface area contributed by atoms with Crippen LogP contribution < -0.4 is 10.3 Å². The van der Waals surface area contributed by atoms with Gasteiger partial charge in [-0.15, -0.1) is 0 Å². The fourth-order valence-corrected chi connectivity index (χ4v) is 2.51. The van der Waals surface area contributed by atoms with E-state index in [1.165, 1.54) is 35.0 Å². The van der Waals surface area contributed by atoms with Crippen LogP contribution in [0.1, 0.15) is 21.7 Å². The second kappa shape index (κ2) is 7.36. The van der Waals surface area contributed by atoms with Gasteiger partial charge < -0.3 is 9.84 Å². The van der Waals surface area contributed by atoms with E-state index in [1.54, 1.807) is 13.0 Å². The predicted octanol–water partition coefficient (Wildman–Crippen LogP) is 3.10. The van der Waals surface area contributed by atoms with Gasteiger partial charge in [0.05, 0.1) is 5.69 Å². The van der Waals surface area contributed by atoms with Gasteiger partial charge in [0.25, 0.3) is 5.56 Å². The van der Waals surface area contributed by atoms with Crippen LogP contribution in [0.25, 0.3) is 5.69 Å². The van der Waals surface area contributed by atoms with Crippen molar-refractivity contribution < 1.29 is 23.4 Å². The van der Waals surface area contributed by atoms with Crippen molar-refractivity contribution >= 4 is 5.97 Å². The van der Waals surface area contributed by atoms with Crippen LogP contribution in [0, 0.1) is 18.6 Å². The topological polar surface area (TPSA) is 81.4 Å². The Kier molecular flexibility index (Phi) is 4.98. The van der Waals surface area contributed by atoms with E-state index in [1.807, 2.05) is 0 Å². The van der Waals surface area contributed by atoms with Crippen molar-refractivity contribution in [2.45, 2.75) is 13.5 Å². The molecule has 0 saturated carbocycles. The molecule has 0 aliphatic rings. The van der Waals surface area contributed by atoms with Gasteiger partial charge >= 0.3 is 5.97 Å². The van der Waals surface area contributed by atoms with Crippen LogP contribution in [0.15, 0.2) is 53.5 Å². The predicted molar refractivity (Wildman–Crippen MR) is 92.2 cm³/mol. The van der Waals surface area contributed by atoms with Crippen molar-refractivity contribution in [3.63, 3.8) is 0 Å². The first-order valence-electron chi connectivity index (χ1n) is 7.86. The Morgan fingerprint density at radius 2 is 1.96 bits per heavy atom. The molecule has 0 aliphatic carbocycles. The molecule has 0 aliphatic heterocycles. The fourth-order valence-electron chi connectivity index (χ4n) is 2.51. The number of pyridine rings is 2. The minimum atomic E-state index is -1.22.